The van der Waals surface area contributed by atoms with Gasteiger partial charge in [0.15, 0.2) is 16.7 Å². The number of nitrogens with zero attached hydrogens (tertiary/aromatic N) is 3. The highest BCUT2D eigenvalue weighted by atomic mass is 32.2. The molecule has 1 amide bonds. The third kappa shape index (κ3) is 4.00. The molecular weight excluding hydrogens is 392 g/mol. The van der Waals surface area contributed by atoms with Crippen molar-refractivity contribution in [2.24, 2.45) is 0 Å². The number of methoxy groups -OCH3 is 1. The van der Waals surface area contributed by atoms with Crippen molar-refractivity contribution in [2.45, 2.75) is 11.6 Å². The molecule has 1 N–H and O–H groups in total. The van der Waals surface area contributed by atoms with Gasteiger partial charge in [-0.3, -0.25) is 9.36 Å². The van der Waals surface area contributed by atoms with Gasteiger partial charge in [-0.15, -0.1) is 10.2 Å². The number of carbonyl (C=O) groups is 1. The van der Waals surface area contributed by atoms with E-state index in [9.17, 15) is 4.79 Å². The van der Waals surface area contributed by atoms with Crippen molar-refractivity contribution in [2.75, 3.05) is 26.7 Å². The second-order valence-corrected chi connectivity index (χ2v) is 6.98. The lowest BCUT2D eigenvalue weighted by Crippen LogP contribution is -2.26. The topological polar surface area (TPSA) is 87.5 Å². The van der Waals surface area contributed by atoms with Crippen molar-refractivity contribution in [3.63, 3.8) is 0 Å². The van der Waals surface area contributed by atoms with Crippen LogP contribution in [-0.4, -0.2) is 47.4 Å². The Morgan fingerprint density at radius 1 is 1.17 bits per heavy atom. The lowest BCUT2D eigenvalue weighted by atomic mass is 10.2. The molecule has 2 heterocycles. The minimum absolute atomic E-state index is 0.177. The van der Waals surface area contributed by atoms with Crippen molar-refractivity contribution in [1.29, 1.82) is 0 Å². The summed E-state index contributed by atoms with van der Waals surface area (Å²) in [4.78, 5) is 12.5. The molecule has 4 rings (SSSR count). The number of hydrogen-bond donors (Lipinski definition) is 1. The van der Waals surface area contributed by atoms with Crippen LogP contribution in [0.4, 0.5) is 0 Å². The average Bonchev–Trinajstić information content (AvgIpc) is 3.39. The number of aromatic nitrogens is 3. The number of ether oxygens (including phenoxy) is 3. The summed E-state index contributed by atoms with van der Waals surface area (Å²) in [6.45, 7) is 0.606. The molecule has 1 aliphatic rings. The first-order valence-corrected chi connectivity index (χ1v) is 10.2. The van der Waals surface area contributed by atoms with Gasteiger partial charge in [-0.05, 0) is 48.7 Å². The van der Waals surface area contributed by atoms with Crippen LogP contribution < -0.4 is 19.5 Å². The van der Waals surface area contributed by atoms with E-state index < -0.39 is 0 Å². The molecular formula is C20H20N4O4S. The maximum Gasteiger partial charge on any atom is 0.251 e. The molecule has 0 saturated carbocycles. The molecule has 0 bridgehead atoms. The fourth-order valence-corrected chi connectivity index (χ4v) is 3.53. The van der Waals surface area contributed by atoms with Crippen molar-refractivity contribution < 1.29 is 19.0 Å². The Bertz CT molecular complexity index is 1020. The van der Waals surface area contributed by atoms with Gasteiger partial charge >= 0.3 is 0 Å². The summed E-state index contributed by atoms with van der Waals surface area (Å²) in [6.07, 6.45) is 2.49. The minimum Gasteiger partial charge on any atom is -0.497 e. The first-order chi connectivity index (χ1) is 14.2. The predicted molar refractivity (Wildman–Crippen MR) is 108 cm³/mol. The molecule has 8 nitrogen and oxygen atoms in total. The van der Waals surface area contributed by atoms with E-state index >= 15 is 0 Å². The molecule has 29 heavy (non-hydrogen) atoms. The van der Waals surface area contributed by atoms with Crippen LogP contribution in [0.1, 0.15) is 16.2 Å². The lowest BCUT2D eigenvalue weighted by molar-refractivity contribution is 0.0953. The van der Waals surface area contributed by atoms with Gasteiger partial charge in [0.1, 0.15) is 11.6 Å². The zero-order valence-corrected chi connectivity index (χ0v) is 16.9. The third-order valence-corrected chi connectivity index (χ3v) is 5.11. The van der Waals surface area contributed by atoms with Crippen molar-refractivity contribution in [3.05, 3.63) is 53.9 Å². The Hall–Kier alpha value is -3.20. The molecule has 3 aromatic rings. The molecule has 0 atom stereocenters. The van der Waals surface area contributed by atoms with Crippen LogP contribution in [0.5, 0.6) is 17.2 Å². The maximum atomic E-state index is 12.5. The molecule has 1 aliphatic heterocycles. The first kappa shape index (κ1) is 19.1. The van der Waals surface area contributed by atoms with E-state index in [4.69, 9.17) is 14.2 Å². The molecule has 0 aliphatic carbocycles. The largest absolute Gasteiger partial charge is 0.497 e. The fraction of sp³-hybridized carbons (Fsp3) is 0.250. The summed E-state index contributed by atoms with van der Waals surface area (Å²) >= 11 is 1.51. The average molecular weight is 412 g/mol. The Morgan fingerprint density at radius 3 is 2.72 bits per heavy atom. The van der Waals surface area contributed by atoms with Crippen LogP contribution in [0.15, 0.2) is 47.6 Å². The SMILES string of the molecule is COc1ccc(-n2c(CCNC(=O)c3ccc4c(c3)OCO4)nnc2SC)cc1. The summed E-state index contributed by atoms with van der Waals surface area (Å²) in [5.74, 6) is 2.61. The maximum absolute atomic E-state index is 12.5. The summed E-state index contributed by atoms with van der Waals surface area (Å²) in [6, 6.07) is 12.8. The van der Waals surface area contributed by atoms with Gasteiger partial charge in [-0.2, -0.15) is 0 Å². The highest BCUT2D eigenvalue weighted by Gasteiger charge is 2.17. The number of carbonyl (C=O) groups excluding carboxylic acids is 1. The standard InChI is InChI=1S/C20H20N4O4S/c1-26-15-6-4-14(5-7-15)24-18(22-23-20(24)29-2)9-10-21-19(25)13-3-8-16-17(11-13)28-12-27-16/h3-8,11H,9-10,12H2,1-2H3,(H,21,25). The zero-order valence-electron chi connectivity index (χ0n) is 16.0. The van der Waals surface area contributed by atoms with Crippen LogP contribution in [0.2, 0.25) is 0 Å². The van der Waals surface area contributed by atoms with Crippen LogP contribution >= 0.6 is 11.8 Å². The monoisotopic (exact) mass is 412 g/mol. The third-order valence-electron chi connectivity index (χ3n) is 4.48. The van der Waals surface area contributed by atoms with Crippen LogP contribution in [0.3, 0.4) is 0 Å². The Labute approximate surface area is 172 Å². The van der Waals surface area contributed by atoms with Gasteiger partial charge in [0.2, 0.25) is 6.79 Å². The molecule has 1 aromatic heterocycles. The number of fused-ring (bicyclic) bond motifs is 1. The van der Waals surface area contributed by atoms with Crippen LogP contribution in [0.25, 0.3) is 5.69 Å². The molecule has 0 unspecified atom stereocenters. The molecule has 0 spiro atoms. The molecule has 9 heteroatoms. The number of nitrogens with one attached hydrogen (secondary N) is 1. The molecule has 2 aromatic carbocycles. The second-order valence-electron chi connectivity index (χ2n) is 6.21. The fourth-order valence-electron chi connectivity index (χ4n) is 3.01. The second kappa shape index (κ2) is 8.44. The van der Waals surface area contributed by atoms with E-state index in [0.717, 1.165) is 22.4 Å². The molecule has 150 valence electrons. The number of benzene rings is 2. The van der Waals surface area contributed by atoms with E-state index in [1.54, 1.807) is 25.3 Å². The summed E-state index contributed by atoms with van der Waals surface area (Å²) < 4.78 is 17.8. The Morgan fingerprint density at radius 2 is 1.97 bits per heavy atom. The highest BCUT2D eigenvalue weighted by Crippen LogP contribution is 2.32. The zero-order chi connectivity index (χ0) is 20.2. The summed E-state index contributed by atoms with van der Waals surface area (Å²) in [5, 5.41) is 12.3. The number of rotatable bonds is 7. The van der Waals surface area contributed by atoms with Gasteiger partial charge in [0, 0.05) is 24.2 Å². The van der Waals surface area contributed by atoms with E-state index in [-0.39, 0.29) is 12.7 Å². The van der Waals surface area contributed by atoms with Gasteiger partial charge in [0.05, 0.1) is 7.11 Å². The lowest BCUT2D eigenvalue weighted by Gasteiger charge is -2.11. The van der Waals surface area contributed by atoms with E-state index in [1.807, 2.05) is 35.1 Å². The van der Waals surface area contributed by atoms with Crippen molar-refractivity contribution >= 4 is 17.7 Å². The minimum atomic E-state index is -0.177. The number of hydrogen-bond acceptors (Lipinski definition) is 7. The summed E-state index contributed by atoms with van der Waals surface area (Å²) in [5.41, 5.74) is 1.47. The molecule has 0 radical (unpaired) electrons. The predicted octanol–water partition coefficient (Wildman–Crippen LogP) is 2.70. The smallest absolute Gasteiger partial charge is 0.251 e. The quantitative estimate of drug-likeness (QED) is 0.597. The molecule has 0 saturated heterocycles. The Kier molecular flexibility index (Phi) is 5.57. The summed E-state index contributed by atoms with van der Waals surface area (Å²) in [7, 11) is 1.63. The highest BCUT2D eigenvalue weighted by molar-refractivity contribution is 7.98. The number of thioether (sulfide) groups is 1. The number of amides is 1. The van der Waals surface area contributed by atoms with Gasteiger partial charge < -0.3 is 19.5 Å². The van der Waals surface area contributed by atoms with Gasteiger partial charge in [-0.25, -0.2) is 0 Å². The van der Waals surface area contributed by atoms with Crippen LogP contribution in [-0.2, 0) is 6.42 Å². The normalized spacial score (nSPS) is 12.1. The van der Waals surface area contributed by atoms with E-state index in [0.29, 0.717) is 30.0 Å². The van der Waals surface area contributed by atoms with Gasteiger partial charge in [0.25, 0.3) is 5.91 Å². The first-order valence-electron chi connectivity index (χ1n) is 9.00. The van der Waals surface area contributed by atoms with Crippen molar-refractivity contribution in [1.82, 2.24) is 20.1 Å². The van der Waals surface area contributed by atoms with Crippen molar-refractivity contribution in [3.8, 4) is 22.9 Å². The van der Waals surface area contributed by atoms with E-state index in [2.05, 4.69) is 15.5 Å². The molecule has 0 fully saturated rings. The van der Waals surface area contributed by atoms with Crippen LogP contribution in [0, 0.1) is 0 Å². The van der Waals surface area contributed by atoms with Gasteiger partial charge in [-0.1, -0.05) is 11.8 Å². The Balaban J connectivity index is 1.44. The van der Waals surface area contributed by atoms with E-state index in [1.165, 1.54) is 11.8 Å².